The van der Waals surface area contributed by atoms with Crippen LogP contribution in [-0.2, 0) is 14.4 Å². The number of amides is 2. The van der Waals surface area contributed by atoms with Crippen molar-refractivity contribution in [2.24, 2.45) is 0 Å². The Hall–Kier alpha value is -1.01. The van der Waals surface area contributed by atoms with Crippen molar-refractivity contribution in [1.29, 1.82) is 0 Å². The van der Waals surface area contributed by atoms with E-state index in [-0.39, 0.29) is 46.2 Å². The zero-order valence-electron chi connectivity index (χ0n) is 8.56. The number of hydrogen-bond acceptors (Lipinski definition) is 3. The minimum absolute atomic E-state index is 0.138. The second-order valence-electron chi connectivity index (χ2n) is 3.32. The molecule has 1 atom stereocenters. The van der Waals surface area contributed by atoms with Gasteiger partial charge in [-0.2, -0.15) is 0 Å². The number of thiol groups is 1. The normalized spacial score (nSPS) is 20.2. The average Bonchev–Trinajstić information content (AvgIpc) is 2.44. The first kappa shape index (κ1) is 12.1. The molecule has 15 heavy (non-hydrogen) atoms. The van der Waals surface area contributed by atoms with Crippen LogP contribution in [0.5, 0.6) is 0 Å². The Labute approximate surface area is 91.0 Å². The van der Waals surface area contributed by atoms with Crippen molar-refractivity contribution >= 4 is 33.3 Å². The Morgan fingerprint density at radius 3 is 2.27 bits per heavy atom. The third-order valence-corrected chi connectivity index (χ3v) is 3.04. The summed E-state index contributed by atoms with van der Waals surface area (Å²) >= 11 is 0.138. The molecule has 0 aliphatic carbocycles. The number of rotatable bonds is 2. The molecule has 0 radical (unpaired) electrons. The average molecular weight is 231 g/mol. The molecule has 0 aromatic heterocycles. The summed E-state index contributed by atoms with van der Waals surface area (Å²) < 4.78 is 0. The van der Waals surface area contributed by atoms with E-state index in [1.54, 1.807) is 0 Å². The summed E-state index contributed by atoms with van der Waals surface area (Å²) in [6.45, 7) is 2.87. The second kappa shape index (κ2) is 4.67. The van der Waals surface area contributed by atoms with E-state index in [0.717, 1.165) is 4.90 Å². The van der Waals surface area contributed by atoms with Crippen LogP contribution in [0.4, 0.5) is 0 Å². The maximum atomic E-state index is 11.3. The topological polar surface area (TPSA) is 74.7 Å². The molecule has 1 aliphatic heterocycles. The summed E-state index contributed by atoms with van der Waals surface area (Å²) in [4.78, 5) is 34.4. The fraction of sp³-hybridized carbons (Fsp3) is 0.556. The van der Waals surface area contributed by atoms with Gasteiger partial charge in [0.1, 0.15) is 0 Å². The number of aliphatic hydroxyl groups excluding tert-OH is 1. The van der Waals surface area contributed by atoms with Crippen LogP contribution in [-0.4, -0.2) is 38.0 Å². The second-order valence-corrected chi connectivity index (χ2v) is 4.63. The van der Waals surface area contributed by atoms with Gasteiger partial charge in [-0.15, -0.1) is 11.4 Å². The van der Waals surface area contributed by atoms with Gasteiger partial charge in [-0.3, -0.25) is 19.3 Å². The van der Waals surface area contributed by atoms with Crippen molar-refractivity contribution in [1.82, 2.24) is 4.90 Å². The minimum atomic E-state index is -0.710. The van der Waals surface area contributed by atoms with Gasteiger partial charge < -0.3 is 5.11 Å². The first-order chi connectivity index (χ1) is 6.93. The van der Waals surface area contributed by atoms with Gasteiger partial charge >= 0.3 is 0 Å². The van der Waals surface area contributed by atoms with Crippen molar-refractivity contribution in [2.45, 2.75) is 32.7 Å². The summed E-state index contributed by atoms with van der Waals surface area (Å²) in [6.07, 6.45) is 0.376. The molecular formula is C9H13NO4S. The smallest absolute Gasteiger partial charge is 0.230 e. The van der Waals surface area contributed by atoms with E-state index in [0.29, 0.717) is 0 Å². The minimum Gasteiger partial charge on any atom is -0.357 e. The zero-order chi connectivity index (χ0) is 11.6. The molecule has 0 aromatic carbocycles. The fourth-order valence-corrected chi connectivity index (χ4v) is 2.02. The first-order valence-corrected chi connectivity index (χ1v) is 5.46. The predicted molar refractivity (Wildman–Crippen MR) is 57.9 cm³/mol. The number of carbonyl (C=O) groups excluding carboxylic acids is 3. The van der Waals surface area contributed by atoms with Crippen LogP contribution < -0.4 is 0 Å². The van der Waals surface area contributed by atoms with Crippen LogP contribution >= 0.6 is 11.4 Å². The number of hydrogen-bond donors (Lipinski definition) is 2. The highest BCUT2D eigenvalue weighted by atomic mass is 32.1. The molecule has 1 heterocycles. The lowest BCUT2D eigenvalue weighted by Gasteiger charge is -2.21. The molecule has 6 heteroatoms. The maximum Gasteiger partial charge on any atom is 0.230 e. The number of likely N-dealkylation sites (tertiary alicyclic amines) is 1. The van der Waals surface area contributed by atoms with Crippen molar-refractivity contribution in [2.75, 3.05) is 0 Å². The molecular weight excluding hydrogens is 218 g/mol. The van der Waals surface area contributed by atoms with Crippen molar-refractivity contribution in [3.63, 3.8) is 0 Å². The Bertz CT molecular complexity index is 334. The lowest BCUT2D eigenvalue weighted by Crippen LogP contribution is -2.42. The van der Waals surface area contributed by atoms with E-state index in [1.165, 1.54) is 13.8 Å². The molecule has 0 spiro atoms. The molecule has 5 nitrogen and oxygen atoms in total. The van der Waals surface area contributed by atoms with Crippen LogP contribution in [0, 0.1) is 0 Å². The Balaban J connectivity index is 2.84. The summed E-state index contributed by atoms with van der Waals surface area (Å²) in [5.41, 5.74) is 0. The third kappa shape index (κ3) is 2.73. The van der Waals surface area contributed by atoms with Crippen LogP contribution in [0.2, 0.25) is 0 Å². The standard InChI is InChI=1S/C9H13NO4S/c1-5(9(14)15-6(2)11)10-7(12)3-4-8(10)13/h5,14-15H,3-4H2,1-2H3. The lowest BCUT2D eigenvalue weighted by atomic mass is 10.3. The quantitative estimate of drug-likeness (QED) is 0.405. The van der Waals surface area contributed by atoms with E-state index >= 15 is 0 Å². The van der Waals surface area contributed by atoms with Gasteiger partial charge in [0.2, 0.25) is 11.8 Å². The summed E-state index contributed by atoms with van der Waals surface area (Å²) in [5, 5.41) is 9.14. The van der Waals surface area contributed by atoms with Crippen molar-refractivity contribution in [3.8, 4) is 0 Å². The highest BCUT2D eigenvalue weighted by molar-refractivity contribution is 8.12. The molecule has 1 rings (SSSR count). The third-order valence-electron chi connectivity index (χ3n) is 2.12. The van der Waals surface area contributed by atoms with E-state index in [1.807, 2.05) is 0 Å². The molecule has 0 saturated carbocycles. The van der Waals surface area contributed by atoms with Gasteiger partial charge in [0.15, 0.2) is 5.12 Å². The Morgan fingerprint density at radius 1 is 1.40 bits per heavy atom. The zero-order valence-corrected chi connectivity index (χ0v) is 9.45. The van der Waals surface area contributed by atoms with Gasteiger partial charge in [-0.1, -0.05) is 0 Å². The molecule has 2 amide bonds. The number of imide groups is 1. The van der Waals surface area contributed by atoms with Crippen LogP contribution in [0.25, 0.3) is 0 Å². The highest BCUT2D eigenvalue weighted by Gasteiger charge is 2.34. The first-order valence-electron chi connectivity index (χ1n) is 4.56. The molecule has 1 saturated heterocycles. The highest BCUT2D eigenvalue weighted by Crippen LogP contribution is 2.16. The van der Waals surface area contributed by atoms with Gasteiger partial charge in [0.25, 0.3) is 0 Å². The number of nitrogens with zero attached hydrogens (tertiary/aromatic N) is 1. The molecule has 1 fully saturated rings. The monoisotopic (exact) mass is 231 g/mol. The van der Waals surface area contributed by atoms with Gasteiger partial charge in [0.05, 0.1) is 11.1 Å². The number of carbonyl (C=O) groups is 3. The summed E-state index contributed by atoms with van der Waals surface area (Å²) in [6, 6.07) is -0.710. The lowest BCUT2D eigenvalue weighted by molar-refractivity contribution is -0.139. The maximum absolute atomic E-state index is 11.3. The molecule has 84 valence electrons. The van der Waals surface area contributed by atoms with Crippen LogP contribution in [0.1, 0.15) is 26.7 Å². The Morgan fingerprint density at radius 2 is 1.87 bits per heavy atom. The van der Waals surface area contributed by atoms with Crippen molar-refractivity contribution < 1.29 is 19.5 Å². The van der Waals surface area contributed by atoms with Gasteiger partial charge in [0, 0.05) is 19.8 Å². The number of aliphatic hydroxyl groups is 1. The van der Waals surface area contributed by atoms with E-state index in [4.69, 9.17) is 0 Å². The fourth-order valence-electron chi connectivity index (χ4n) is 1.40. The largest absolute Gasteiger partial charge is 0.357 e. The van der Waals surface area contributed by atoms with E-state index < -0.39 is 6.04 Å². The van der Waals surface area contributed by atoms with E-state index in [2.05, 4.69) is 0 Å². The van der Waals surface area contributed by atoms with E-state index in [9.17, 15) is 19.5 Å². The Kier molecular flexibility index (Phi) is 3.76. The predicted octanol–water partition coefficient (Wildman–Crippen LogP) is 0.224. The molecule has 1 N–H and O–H groups in total. The van der Waals surface area contributed by atoms with Gasteiger partial charge in [-0.25, -0.2) is 0 Å². The summed E-state index contributed by atoms with van der Waals surface area (Å²) in [5.74, 6) is -0.587. The molecule has 1 unspecified atom stereocenters. The van der Waals surface area contributed by atoms with Gasteiger partial charge in [-0.05, 0) is 6.92 Å². The van der Waals surface area contributed by atoms with Crippen LogP contribution in [0.15, 0.2) is 0 Å². The molecule has 0 bridgehead atoms. The van der Waals surface area contributed by atoms with Crippen molar-refractivity contribution in [3.05, 3.63) is 0 Å². The molecule has 0 aromatic rings. The summed E-state index contributed by atoms with van der Waals surface area (Å²) in [7, 11) is 0. The van der Waals surface area contributed by atoms with Crippen LogP contribution in [0.3, 0.4) is 0 Å². The molecule has 1 aliphatic rings. The SMILES string of the molecule is CC(=O)[SH]=C(O)C(C)N1C(=O)CCC1=O.